The van der Waals surface area contributed by atoms with Crippen LogP contribution in [0.25, 0.3) is 11.1 Å². The molecule has 0 heterocycles. The Morgan fingerprint density at radius 1 is 0.857 bits per heavy atom. The van der Waals surface area contributed by atoms with Crippen molar-refractivity contribution in [2.45, 2.75) is 6.92 Å². The molecule has 144 valence electrons. The second kappa shape index (κ2) is 8.97. The van der Waals surface area contributed by atoms with E-state index in [2.05, 4.69) is 0 Å². The molecule has 8 heteroatoms. The molecule has 0 fully saturated rings. The molecule has 0 saturated heterocycles. The molecule has 0 aliphatic heterocycles. The fraction of sp³-hybridized carbons (Fsp3) is 0.100. The molecule has 0 aromatic heterocycles. The van der Waals surface area contributed by atoms with Crippen molar-refractivity contribution in [3.8, 4) is 22.6 Å². The minimum Gasteiger partial charge on any atom is -0.416 e. The molecule has 0 N–H and O–H groups in total. The van der Waals surface area contributed by atoms with E-state index < -0.39 is 11.6 Å². The van der Waals surface area contributed by atoms with Gasteiger partial charge in [-0.3, -0.25) is 14.6 Å². The first-order valence-electron chi connectivity index (χ1n) is 8.53. The van der Waals surface area contributed by atoms with Crippen LogP contribution in [-0.4, -0.2) is 11.5 Å². The van der Waals surface area contributed by atoms with Crippen LogP contribution in [0.3, 0.4) is 0 Å². The quantitative estimate of drug-likeness (QED) is 0.256. The van der Waals surface area contributed by atoms with Gasteiger partial charge >= 0.3 is 6.72 Å². The highest BCUT2D eigenvalue weighted by Crippen LogP contribution is 2.50. The normalized spacial score (nSPS) is 12.8. The maximum absolute atomic E-state index is 10.8. The molecule has 0 radical (unpaired) electrons. The van der Waals surface area contributed by atoms with E-state index in [-0.39, 0.29) is 5.69 Å². The van der Waals surface area contributed by atoms with Gasteiger partial charge in [0.15, 0.2) is 0 Å². The predicted octanol–water partition coefficient (Wildman–Crippen LogP) is 5.98. The third-order valence-electron chi connectivity index (χ3n) is 3.73. The Morgan fingerprint density at radius 2 is 1.36 bits per heavy atom. The maximum Gasteiger partial charge on any atom is 0.434 e. The van der Waals surface area contributed by atoms with Gasteiger partial charge in [0, 0.05) is 23.9 Å². The lowest BCUT2D eigenvalue weighted by Gasteiger charge is -2.22. The lowest BCUT2D eigenvalue weighted by molar-refractivity contribution is -0.384. The molecular weight excluding hydrogens is 397 g/mol. The van der Waals surface area contributed by atoms with Crippen LogP contribution in [0.1, 0.15) is 6.92 Å². The summed E-state index contributed by atoms with van der Waals surface area (Å²) >= 11 is 5.51. The van der Waals surface area contributed by atoms with Gasteiger partial charge in [-0.25, -0.2) is 0 Å². The van der Waals surface area contributed by atoms with E-state index in [1.165, 1.54) is 12.1 Å². The summed E-state index contributed by atoms with van der Waals surface area (Å²) in [6, 6.07) is 22.8. The smallest absolute Gasteiger partial charge is 0.416 e. The second-order valence-corrected chi connectivity index (χ2v) is 8.55. The Kier molecular flexibility index (Phi) is 6.41. The van der Waals surface area contributed by atoms with Gasteiger partial charge in [-0.1, -0.05) is 30.3 Å². The topological polar surface area (TPSA) is 70.8 Å². The molecule has 0 aliphatic carbocycles. The van der Waals surface area contributed by atoms with Crippen molar-refractivity contribution in [3.05, 3.63) is 89.0 Å². The fourth-order valence-corrected chi connectivity index (χ4v) is 4.50. The van der Waals surface area contributed by atoms with Gasteiger partial charge in [0.25, 0.3) is 5.69 Å². The monoisotopic (exact) mass is 415 g/mol. The van der Waals surface area contributed by atoms with Crippen LogP contribution < -0.4 is 9.05 Å². The van der Waals surface area contributed by atoms with Crippen LogP contribution in [-0.2, 0) is 16.3 Å². The highest BCUT2D eigenvalue weighted by molar-refractivity contribution is 8.07. The van der Waals surface area contributed by atoms with Crippen molar-refractivity contribution in [3.63, 3.8) is 0 Å². The summed E-state index contributed by atoms with van der Waals surface area (Å²) in [6.07, 6.45) is 0. The lowest BCUT2D eigenvalue weighted by atomic mass is 10.1. The first kappa shape index (κ1) is 20.0. The van der Waals surface area contributed by atoms with Crippen molar-refractivity contribution in [1.29, 1.82) is 0 Å². The van der Waals surface area contributed by atoms with E-state index >= 15 is 0 Å². The first-order valence-corrected chi connectivity index (χ1v) is 11.1. The average Bonchev–Trinajstić information content (AvgIpc) is 2.69. The number of nitrogens with zero attached hydrogens (tertiary/aromatic N) is 1. The van der Waals surface area contributed by atoms with Crippen molar-refractivity contribution in [1.82, 2.24) is 0 Å². The Bertz CT molecular complexity index is 978. The summed E-state index contributed by atoms with van der Waals surface area (Å²) in [6.45, 7) is -0.814. The molecular formula is C20H18NO5PS. The average molecular weight is 415 g/mol. The van der Waals surface area contributed by atoms with E-state index in [0.29, 0.717) is 18.1 Å². The molecule has 1 unspecified atom stereocenters. The minimum atomic E-state index is -3.01. The van der Waals surface area contributed by atoms with E-state index in [4.69, 9.17) is 25.4 Å². The predicted molar refractivity (Wildman–Crippen MR) is 112 cm³/mol. The van der Waals surface area contributed by atoms with E-state index in [0.717, 1.165) is 11.1 Å². The number of rotatable bonds is 8. The number of hydrogen-bond donors (Lipinski definition) is 0. The van der Waals surface area contributed by atoms with Gasteiger partial charge < -0.3 is 9.05 Å². The van der Waals surface area contributed by atoms with E-state index in [1.807, 2.05) is 37.3 Å². The molecule has 0 aliphatic rings. The summed E-state index contributed by atoms with van der Waals surface area (Å²) in [5.41, 5.74) is 1.82. The summed E-state index contributed by atoms with van der Waals surface area (Å²) in [5, 5.41) is 10.8. The molecule has 0 saturated carbocycles. The number of non-ortho nitro benzene ring substituents is 1. The molecule has 0 spiro atoms. The minimum absolute atomic E-state index is 0.0548. The van der Waals surface area contributed by atoms with Crippen LogP contribution >= 0.6 is 6.72 Å². The van der Waals surface area contributed by atoms with Crippen LogP contribution in [0.4, 0.5) is 5.69 Å². The largest absolute Gasteiger partial charge is 0.434 e. The molecule has 3 aromatic rings. The SMILES string of the molecule is CCOP(=S)(Oc1ccccc1)Oc1ccc(-c2ccc([N+](=O)[O-])cc2)cc1. The molecule has 0 bridgehead atoms. The van der Waals surface area contributed by atoms with E-state index in [9.17, 15) is 10.1 Å². The number of hydrogen-bond acceptors (Lipinski definition) is 6. The first-order chi connectivity index (χ1) is 13.5. The van der Waals surface area contributed by atoms with Crippen LogP contribution in [0.5, 0.6) is 11.5 Å². The number of nitro groups is 1. The molecule has 0 amide bonds. The Hall–Kier alpha value is -2.73. The van der Waals surface area contributed by atoms with Crippen LogP contribution in [0.15, 0.2) is 78.9 Å². The number of benzene rings is 3. The number of para-hydroxylation sites is 1. The molecule has 3 rings (SSSR count). The summed E-state index contributed by atoms with van der Waals surface area (Å²) in [7, 11) is 0. The standard InChI is InChI=1S/C20H18NO5PS/c1-2-24-27(28,25-19-6-4-3-5-7-19)26-20-14-10-17(11-15-20)16-8-12-18(13-9-16)21(22)23/h3-15H,2H2,1H3. The highest BCUT2D eigenvalue weighted by Gasteiger charge is 2.24. The number of nitro benzene ring substituents is 1. The highest BCUT2D eigenvalue weighted by atomic mass is 32.5. The van der Waals surface area contributed by atoms with Crippen LogP contribution in [0.2, 0.25) is 0 Å². The Labute approximate surface area is 168 Å². The van der Waals surface area contributed by atoms with Gasteiger partial charge in [0.2, 0.25) is 0 Å². The zero-order chi connectivity index (χ0) is 20.0. The maximum atomic E-state index is 10.8. The van der Waals surface area contributed by atoms with E-state index in [1.54, 1.807) is 36.4 Å². The van der Waals surface area contributed by atoms with Crippen molar-refractivity contribution in [2.24, 2.45) is 0 Å². The zero-order valence-electron chi connectivity index (χ0n) is 15.1. The lowest BCUT2D eigenvalue weighted by Crippen LogP contribution is -2.04. The van der Waals surface area contributed by atoms with Crippen molar-refractivity contribution >= 4 is 24.2 Å². The van der Waals surface area contributed by atoms with Crippen molar-refractivity contribution < 1.29 is 18.5 Å². The third-order valence-corrected chi connectivity index (χ3v) is 5.94. The third kappa shape index (κ3) is 5.16. The summed E-state index contributed by atoms with van der Waals surface area (Å²) in [4.78, 5) is 10.3. The Morgan fingerprint density at radius 3 is 1.86 bits per heavy atom. The van der Waals surface area contributed by atoms with Gasteiger partial charge in [0.05, 0.1) is 11.5 Å². The molecule has 28 heavy (non-hydrogen) atoms. The van der Waals surface area contributed by atoms with Gasteiger partial charge in [0.1, 0.15) is 11.5 Å². The zero-order valence-corrected chi connectivity index (χ0v) is 16.8. The molecule has 6 nitrogen and oxygen atoms in total. The van der Waals surface area contributed by atoms with Gasteiger partial charge in [-0.2, -0.15) is 0 Å². The van der Waals surface area contributed by atoms with Gasteiger partial charge in [-0.15, -0.1) is 0 Å². The second-order valence-electron chi connectivity index (χ2n) is 5.69. The summed E-state index contributed by atoms with van der Waals surface area (Å²) in [5.74, 6) is 1.11. The fourth-order valence-electron chi connectivity index (χ4n) is 2.45. The van der Waals surface area contributed by atoms with Crippen LogP contribution in [0, 0.1) is 10.1 Å². The van der Waals surface area contributed by atoms with Crippen molar-refractivity contribution in [2.75, 3.05) is 6.61 Å². The molecule has 1 atom stereocenters. The summed E-state index contributed by atoms with van der Waals surface area (Å²) < 4.78 is 17.3. The van der Waals surface area contributed by atoms with Gasteiger partial charge in [-0.05, 0) is 54.4 Å². The molecule has 3 aromatic carbocycles. The Balaban J connectivity index is 1.76.